The average molecular weight is 1170 g/mol. The molecule has 0 spiro atoms. The summed E-state index contributed by atoms with van der Waals surface area (Å²) in [6.45, 7) is 6.32. The van der Waals surface area contributed by atoms with Gasteiger partial charge >= 0.3 is 0 Å². The van der Waals surface area contributed by atoms with Crippen molar-refractivity contribution in [2.45, 2.75) is 166 Å². The summed E-state index contributed by atoms with van der Waals surface area (Å²) in [4.78, 5) is 115. The maximum absolute atomic E-state index is 12.8. The van der Waals surface area contributed by atoms with E-state index in [4.69, 9.17) is 18.9 Å². The van der Waals surface area contributed by atoms with Crippen LogP contribution >= 0.6 is 0 Å². The zero-order valence-corrected chi connectivity index (χ0v) is 47.2. The van der Waals surface area contributed by atoms with Gasteiger partial charge in [-0.05, 0) is 51.9 Å². The summed E-state index contributed by atoms with van der Waals surface area (Å²) in [5, 5.41) is 82.5. The summed E-state index contributed by atoms with van der Waals surface area (Å²) < 4.78 is 22.4. The highest BCUT2D eigenvalue weighted by Gasteiger charge is 2.46. The molecule has 4 rings (SSSR count). The van der Waals surface area contributed by atoms with Gasteiger partial charge in [0.2, 0.25) is 59.2 Å². The monoisotopic (exact) mass is 1170 g/mol. The summed E-state index contributed by atoms with van der Waals surface area (Å²) in [7, 11) is 0. The summed E-state index contributed by atoms with van der Waals surface area (Å²) in [5.41, 5.74) is 0. The maximum atomic E-state index is 12.8. The topological polar surface area (TPSA) is 436 Å². The van der Waals surface area contributed by atoms with Crippen molar-refractivity contribution >= 4 is 65.0 Å². The number of ether oxygens (including phenoxy) is 4. The molecule has 31 nitrogen and oxygen atoms in total. The largest absolute Gasteiger partial charge is 0.394 e. The van der Waals surface area contributed by atoms with Crippen molar-refractivity contribution in [1.82, 2.24) is 51.8 Å². The molecule has 1 aromatic heterocycles. The minimum atomic E-state index is -1.42. The summed E-state index contributed by atoms with van der Waals surface area (Å²) >= 11 is 0. The fourth-order valence-corrected chi connectivity index (χ4v) is 8.88. The Morgan fingerprint density at radius 2 is 0.915 bits per heavy atom. The number of rotatable bonds is 37. The molecule has 0 radical (unpaired) electrons. The molecule has 10 unspecified atom stereocenters. The normalized spacial score (nSPS) is 23.5. The third-order valence-electron chi connectivity index (χ3n) is 13.4. The van der Waals surface area contributed by atoms with Gasteiger partial charge in [-0.25, -0.2) is 0 Å². The van der Waals surface area contributed by atoms with Crippen molar-refractivity contribution in [3.05, 3.63) is 0 Å². The van der Waals surface area contributed by atoms with E-state index in [1.165, 1.54) is 20.8 Å². The number of amides is 7. The highest BCUT2D eigenvalue weighted by Crippen LogP contribution is 2.24. The minimum absolute atomic E-state index is 0.0288. The molecule has 1 aromatic rings. The number of hydrogen-bond donors (Lipinski definition) is 14. The molecule has 3 aliphatic heterocycles. The lowest BCUT2D eigenvalue weighted by Crippen LogP contribution is -2.64. The molecule has 3 fully saturated rings. The van der Waals surface area contributed by atoms with Crippen LogP contribution in [0.15, 0.2) is 0 Å². The SMILES string of the molecule is CC(=O)CCCC(=O)N1CCN(c2nc(NCCC(=O)NCCCNC(=O)CCCCOC3OC(CO)C(O)C(O)C3NC(C)=O)nc(NCCC(=O)NCCCNC(=O)CCCCOC3OC(CO)C(O)C(O)C3NC(C)=O)n2)CC1. The minimum Gasteiger partial charge on any atom is -0.394 e. The van der Waals surface area contributed by atoms with E-state index in [9.17, 15) is 69.0 Å². The molecule has 464 valence electrons. The van der Waals surface area contributed by atoms with Crippen LogP contribution in [-0.2, 0) is 57.3 Å². The Labute approximate surface area is 476 Å². The molecule has 0 saturated carbocycles. The standard InChI is InChI=1S/C51H87N13O18/c1-31(67)11-8-14-40(74)63-23-25-64(26-24-63)51-61-49(56-21-15-38(72)54-19-9-17-52-36(70)12-4-6-27-79-47-41(58-32(2)68)45(77)43(75)34(29-65)81-47)60-50(62-51)57-22-16-39(73)55-20-10-18-53-37(71)13-5-7-28-80-48-42(59-33(3)69)46(78)44(76)35(30-66)82-48/h34-35,41-48,65-66,75-78H,4-30H2,1-3H3,(H,52,70)(H,53,71)(H,54,72)(H,55,73)(H,58,68)(H,59,69)(H2,56,57,60,61,62). The Morgan fingerprint density at radius 1 is 0.500 bits per heavy atom. The smallest absolute Gasteiger partial charge is 0.232 e. The number of aromatic nitrogens is 3. The number of Topliss-reactive ketones (excluding diaryl/α,β-unsaturated/α-hetero) is 1. The van der Waals surface area contributed by atoms with Crippen LogP contribution in [0.1, 0.15) is 104 Å². The van der Waals surface area contributed by atoms with Crippen LogP contribution in [0.25, 0.3) is 0 Å². The Hall–Kier alpha value is -6.03. The number of aliphatic hydroxyl groups excluding tert-OH is 6. The molecule has 0 bridgehead atoms. The van der Waals surface area contributed by atoms with Crippen LogP contribution in [0.2, 0.25) is 0 Å². The molecule has 3 saturated heterocycles. The number of unbranched alkanes of at least 4 members (excludes halogenated alkanes) is 2. The highest BCUT2D eigenvalue weighted by molar-refractivity contribution is 5.79. The van der Waals surface area contributed by atoms with Gasteiger partial charge in [0.05, 0.1) is 13.2 Å². The van der Waals surface area contributed by atoms with E-state index in [0.717, 1.165) is 0 Å². The lowest BCUT2D eigenvalue weighted by Gasteiger charge is -2.42. The molecule has 4 heterocycles. The van der Waals surface area contributed by atoms with E-state index >= 15 is 0 Å². The van der Waals surface area contributed by atoms with E-state index in [2.05, 4.69) is 57.5 Å². The summed E-state index contributed by atoms with van der Waals surface area (Å²) in [5.74, 6) is -1.19. The molecular formula is C51H87N13O18. The number of carbonyl (C=O) groups is 8. The van der Waals surface area contributed by atoms with Gasteiger partial charge in [-0.3, -0.25) is 33.6 Å². The number of ketones is 1. The second-order valence-corrected chi connectivity index (χ2v) is 20.2. The number of carbonyl (C=O) groups excluding carboxylic acids is 8. The number of piperazine rings is 1. The van der Waals surface area contributed by atoms with Gasteiger partial charge in [0, 0.05) is 131 Å². The number of hydrogen-bond acceptors (Lipinski definition) is 24. The van der Waals surface area contributed by atoms with Crippen molar-refractivity contribution in [3.8, 4) is 0 Å². The third-order valence-corrected chi connectivity index (χ3v) is 13.4. The van der Waals surface area contributed by atoms with E-state index in [-0.39, 0.29) is 106 Å². The molecular weight excluding hydrogens is 1080 g/mol. The van der Waals surface area contributed by atoms with Gasteiger partial charge in [-0.2, -0.15) is 15.0 Å². The number of aliphatic hydroxyl groups is 6. The van der Waals surface area contributed by atoms with E-state index in [1.54, 1.807) is 4.90 Å². The Morgan fingerprint density at radius 3 is 1.30 bits per heavy atom. The quantitative estimate of drug-likeness (QED) is 0.0279. The first-order chi connectivity index (χ1) is 39.3. The van der Waals surface area contributed by atoms with Crippen LogP contribution in [-0.4, -0.2) is 251 Å². The van der Waals surface area contributed by atoms with Gasteiger partial charge in [0.1, 0.15) is 54.5 Å². The van der Waals surface area contributed by atoms with E-state index < -0.39 is 86.3 Å². The lowest BCUT2D eigenvalue weighted by molar-refractivity contribution is -0.270. The van der Waals surface area contributed by atoms with Crippen molar-refractivity contribution in [1.29, 1.82) is 0 Å². The van der Waals surface area contributed by atoms with Crippen molar-refractivity contribution in [3.63, 3.8) is 0 Å². The van der Waals surface area contributed by atoms with Crippen LogP contribution in [0.4, 0.5) is 17.8 Å². The Kier molecular flexibility index (Phi) is 31.1. The average Bonchev–Trinajstić information content (AvgIpc) is 3.55. The van der Waals surface area contributed by atoms with Gasteiger partial charge < -0.3 is 107 Å². The Bertz CT molecular complexity index is 2060. The van der Waals surface area contributed by atoms with E-state index in [1.807, 2.05) is 4.90 Å². The van der Waals surface area contributed by atoms with Gasteiger partial charge in [-0.1, -0.05) is 0 Å². The molecule has 0 aromatic carbocycles. The Balaban J connectivity index is 1.13. The second kappa shape index (κ2) is 37.2. The first kappa shape index (κ1) is 68.5. The summed E-state index contributed by atoms with van der Waals surface area (Å²) in [6.07, 6.45) is -5.78. The number of nitrogens with one attached hydrogen (secondary N) is 8. The van der Waals surface area contributed by atoms with Crippen LogP contribution in [0, 0.1) is 0 Å². The fraction of sp³-hybridized carbons (Fsp3) is 0.784. The molecule has 14 N–H and O–H groups in total. The third kappa shape index (κ3) is 24.8. The van der Waals surface area contributed by atoms with Gasteiger partial charge in [-0.15, -0.1) is 0 Å². The molecule has 7 amide bonds. The molecule has 82 heavy (non-hydrogen) atoms. The highest BCUT2D eigenvalue weighted by atomic mass is 16.7. The van der Waals surface area contributed by atoms with Crippen molar-refractivity contribution in [2.75, 3.05) is 107 Å². The van der Waals surface area contributed by atoms with Crippen molar-refractivity contribution < 1.29 is 87.9 Å². The molecule has 31 heteroatoms. The zero-order valence-electron chi connectivity index (χ0n) is 47.2. The fourth-order valence-electron chi connectivity index (χ4n) is 8.88. The lowest BCUT2D eigenvalue weighted by atomic mass is 9.97. The number of anilines is 3. The second-order valence-electron chi connectivity index (χ2n) is 20.2. The molecule has 0 aliphatic carbocycles. The van der Waals surface area contributed by atoms with Gasteiger partial charge in [0.25, 0.3) is 0 Å². The first-order valence-electron chi connectivity index (χ1n) is 28.1. The zero-order chi connectivity index (χ0) is 60.0. The number of nitrogens with zero attached hydrogens (tertiary/aromatic N) is 5. The van der Waals surface area contributed by atoms with Gasteiger partial charge in [0.15, 0.2) is 12.6 Å². The predicted molar refractivity (Wildman–Crippen MR) is 291 cm³/mol. The van der Waals surface area contributed by atoms with E-state index in [0.29, 0.717) is 110 Å². The molecule has 3 aliphatic rings. The molecule has 10 atom stereocenters. The van der Waals surface area contributed by atoms with Crippen LogP contribution in [0.5, 0.6) is 0 Å². The van der Waals surface area contributed by atoms with Crippen LogP contribution in [0.3, 0.4) is 0 Å². The van der Waals surface area contributed by atoms with Crippen molar-refractivity contribution in [2.24, 2.45) is 0 Å². The predicted octanol–water partition coefficient (Wildman–Crippen LogP) is -4.61. The maximum Gasteiger partial charge on any atom is 0.232 e. The summed E-state index contributed by atoms with van der Waals surface area (Å²) in [6, 6.07) is -2.11. The first-order valence-corrected chi connectivity index (χ1v) is 28.1. The van der Waals surface area contributed by atoms with Crippen LogP contribution < -0.4 is 47.4 Å².